The first-order valence-electron chi connectivity index (χ1n) is 38.7. The van der Waals surface area contributed by atoms with Gasteiger partial charge in [-0.05, 0) is 176 Å². The zero-order valence-electron chi connectivity index (χ0n) is 70.8. The maximum Gasteiger partial charge on any atom is 0.252 e. The minimum absolute atomic E-state index is 0.00423. The molecule has 378 valence electrons. The van der Waals surface area contributed by atoms with E-state index in [2.05, 4.69) is 0 Å². The third kappa shape index (κ3) is 6.48. The maximum absolute atomic E-state index is 11.2. The number of anilines is 6. The largest absolute Gasteiger partial charge is 0.456 e. The molecule has 15 rings (SSSR count). The first-order chi connectivity index (χ1) is 47.6. The zero-order valence-corrected chi connectivity index (χ0v) is 44.8. The van der Waals surface area contributed by atoms with Crippen LogP contribution in [0.1, 0.15) is 147 Å². The Labute approximate surface area is 488 Å². The van der Waals surface area contributed by atoms with Gasteiger partial charge in [0.25, 0.3) is 6.71 Å². The van der Waals surface area contributed by atoms with Gasteiger partial charge in [-0.3, -0.25) is 0 Å². The third-order valence-electron chi connectivity index (χ3n) is 15.0. The molecule has 0 aliphatic carbocycles. The van der Waals surface area contributed by atoms with E-state index in [1.165, 1.54) is 16.4 Å². The topological polar surface area (TPSA) is 29.5 Å². The van der Waals surface area contributed by atoms with Gasteiger partial charge in [-0.2, -0.15) is 0 Å². The van der Waals surface area contributed by atoms with Gasteiger partial charge in [-0.15, -0.1) is 0 Å². The van der Waals surface area contributed by atoms with Crippen LogP contribution in [-0.2, 0) is 21.7 Å². The fourth-order valence-corrected chi connectivity index (χ4v) is 11.1. The Hall–Kier alpha value is -7.96. The Balaban J connectivity index is 1.23. The Morgan fingerprint density at radius 2 is 0.948 bits per heavy atom. The van der Waals surface area contributed by atoms with Crippen molar-refractivity contribution >= 4 is 123 Å². The molecular weight excluding hydrogens is 936 g/mol. The van der Waals surface area contributed by atoms with Crippen molar-refractivity contribution in [3.05, 3.63) is 185 Å². The third-order valence-corrected chi connectivity index (χ3v) is 15.0. The summed E-state index contributed by atoms with van der Waals surface area (Å²) in [6.07, 6.45) is 0. The van der Waals surface area contributed by atoms with Gasteiger partial charge in [0.05, 0.1) is 74.8 Å². The normalized spacial score (nSPS) is 18.9. The summed E-state index contributed by atoms with van der Waals surface area (Å²) in [6.45, 7) is 20.4. The van der Waals surface area contributed by atoms with E-state index < -0.39 is 210 Å². The average Bonchev–Trinajstić information content (AvgIpc) is 1.65. The van der Waals surface area contributed by atoms with E-state index in [1.54, 1.807) is 83.1 Å². The Morgan fingerprint density at radius 1 is 0.390 bits per heavy atom. The molecule has 0 unspecified atom stereocenters. The number of para-hydroxylation sites is 2. The molecule has 3 aromatic heterocycles. The number of rotatable bonds is 2. The lowest BCUT2D eigenvalue weighted by Gasteiger charge is -2.46. The molecule has 0 atom stereocenters. The molecule has 0 bridgehead atoms. The van der Waals surface area contributed by atoms with Crippen LogP contribution >= 0.6 is 0 Å². The Bertz CT molecular complexity index is 6070. The summed E-state index contributed by atoms with van der Waals surface area (Å²) in [5.41, 5.74) is -10.7. The zero-order chi connectivity index (χ0) is 75.8. The molecule has 5 nitrogen and oxygen atoms in total. The van der Waals surface area contributed by atoms with Crippen molar-refractivity contribution in [1.82, 2.24) is 9.13 Å². The lowest BCUT2D eigenvalue weighted by Crippen LogP contribution is -2.61. The molecule has 9 aromatic carbocycles. The van der Waals surface area contributed by atoms with Crippen LogP contribution in [-0.4, -0.2) is 15.8 Å². The number of hydrogen-bond donors (Lipinski definition) is 0. The van der Waals surface area contributed by atoms with Crippen LogP contribution in [0, 0.1) is 6.92 Å². The Kier molecular flexibility index (Phi) is 5.29. The molecule has 0 amide bonds. The second-order valence-corrected chi connectivity index (χ2v) is 24.6. The SMILES string of the molecule is [2H]c1c([2H])c2c3c(c1[2H])-n1c4c([2H])c([2H])c(C(C)(C)C)c([2H])c4c4c([2H])c(C(C)(C)C)c([2H])c(c41)N3c1c([2H])c(C)c([2H])c3c1B2c1c([2H])c([2H])c(-n2c4c([2H])c([2H])c(C(C)(C)C)c([2H])c4c4c([2H])c(C(C)(C)C)c([2H])c([2H])c42)c([2H])c1N3c1c([2H])c([2H])c2oc3c([2H])c([2H])c([2H])c([2H])c3c2c1[2H]. The molecule has 0 spiro atoms. The number of furan rings is 1. The summed E-state index contributed by atoms with van der Waals surface area (Å²) < 4.78 is 269. The van der Waals surface area contributed by atoms with E-state index in [0.29, 0.717) is 0 Å². The predicted octanol–water partition coefficient (Wildman–Crippen LogP) is 17.7. The molecule has 0 fully saturated rings. The lowest BCUT2D eigenvalue weighted by molar-refractivity contribution is 0.590. The number of aromatic nitrogens is 2. The summed E-state index contributed by atoms with van der Waals surface area (Å²) in [7, 11) is 0. The smallest absolute Gasteiger partial charge is 0.252 e. The van der Waals surface area contributed by atoms with Crippen LogP contribution in [0.4, 0.5) is 34.1 Å². The molecule has 0 saturated heterocycles. The number of fused-ring (bicyclic) bond motifs is 15. The fourth-order valence-electron chi connectivity index (χ4n) is 11.1. The van der Waals surface area contributed by atoms with Crippen molar-refractivity contribution in [2.45, 2.75) is 112 Å². The fraction of sp³-hybridized carbons (Fsp3) is 0.239. The summed E-state index contributed by atoms with van der Waals surface area (Å²) in [5.74, 6) is 0. The van der Waals surface area contributed by atoms with Crippen molar-refractivity contribution in [3.63, 3.8) is 0 Å². The predicted molar refractivity (Wildman–Crippen MR) is 330 cm³/mol. The van der Waals surface area contributed by atoms with Gasteiger partial charge in [-0.25, -0.2) is 0 Å². The van der Waals surface area contributed by atoms with Gasteiger partial charge < -0.3 is 23.4 Å². The molecule has 6 heteroatoms. The molecule has 0 saturated carbocycles. The van der Waals surface area contributed by atoms with Gasteiger partial charge in [0, 0.05) is 60.8 Å². The number of nitrogens with zero attached hydrogens (tertiary/aromatic N) is 4. The summed E-state index contributed by atoms with van der Waals surface area (Å²) in [4.78, 5) is 2.41. The van der Waals surface area contributed by atoms with Gasteiger partial charge in [-0.1, -0.05) is 137 Å². The van der Waals surface area contributed by atoms with Gasteiger partial charge in [0.2, 0.25) is 0 Å². The summed E-state index contributed by atoms with van der Waals surface area (Å²) >= 11 is 0. The highest BCUT2D eigenvalue weighted by Gasteiger charge is 2.47. The first-order valence-corrected chi connectivity index (χ1v) is 25.7. The second kappa shape index (κ2) is 15.2. The molecule has 12 aromatic rings. The van der Waals surface area contributed by atoms with Gasteiger partial charge in [0.1, 0.15) is 11.2 Å². The van der Waals surface area contributed by atoms with Crippen LogP contribution < -0.4 is 26.2 Å². The van der Waals surface area contributed by atoms with E-state index >= 15 is 0 Å². The molecule has 6 heterocycles. The lowest BCUT2D eigenvalue weighted by atomic mass is 9.33. The second-order valence-electron chi connectivity index (χ2n) is 24.6. The molecule has 0 radical (unpaired) electrons. The highest BCUT2D eigenvalue weighted by atomic mass is 16.3. The van der Waals surface area contributed by atoms with Crippen molar-refractivity contribution in [2.75, 3.05) is 9.80 Å². The van der Waals surface area contributed by atoms with Crippen molar-refractivity contribution in [1.29, 1.82) is 0 Å². The highest BCUT2D eigenvalue weighted by molar-refractivity contribution is 7.00. The van der Waals surface area contributed by atoms with Crippen LogP contribution in [0.2, 0.25) is 0 Å². The van der Waals surface area contributed by atoms with Crippen LogP contribution in [0.25, 0.3) is 76.9 Å². The quantitative estimate of drug-likeness (QED) is 0.162. The van der Waals surface area contributed by atoms with E-state index in [0.717, 1.165) is 9.47 Å². The summed E-state index contributed by atoms with van der Waals surface area (Å²) in [6, 6.07) is -16.2. The minimum Gasteiger partial charge on any atom is -0.456 e. The summed E-state index contributed by atoms with van der Waals surface area (Å²) in [5, 5.41) is -1.26. The molecular formula is C71H65BN4O. The van der Waals surface area contributed by atoms with E-state index in [-0.39, 0.29) is 130 Å². The van der Waals surface area contributed by atoms with E-state index in [9.17, 15) is 31.5 Å². The molecule has 3 aliphatic rings. The van der Waals surface area contributed by atoms with Crippen molar-refractivity contribution in [3.8, 4) is 11.4 Å². The van der Waals surface area contributed by atoms with Gasteiger partial charge >= 0.3 is 0 Å². The van der Waals surface area contributed by atoms with Crippen LogP contribution in [0.5, 0.6) is 0 Å². The van der Waals surface area contributed by atoms with Crippen LogP contribution in [0.3, 0.4) is 0 Å². The van der Waals surface area contributed by atoms with E-state index in [4.69, 9.17) is 8.53 Å². The standard InChI is InChI=1S/C71H65BN4O/c1-40-31-60-65-61(32-40)76-62-37-44(71(11,12)13)36-52-50-35-43(70(8,9)10)23-29-57(50)75(66(52)62)58-19-16-18-54(67(58)76)72(65)53-26-24-46(39-59(53)74(60)45-25-30-64-51(38-45)47-17-14-15-20-63(47)77-64)73-55-27-21-41(68(2,3)4)33-48(55)49-34-42(69(5,6)7)22-28-56(49)73/h14-39H,1-13H3/i14D,15D,16D,17D,18D,19D,20D,21D,22D,23D,24D,25D,26D,27D,28D,29D,30D,31D,32D,33D,34D,35D,36D,37D,38D,39D. The Morgan fingerprint density at radius 3 is 1.58 bits per heavy atom. The molecule has 3 aliphatic heterocycles. The molecule has 0 N–H and O–H groups in total. The minimum atomic E-state index is -1.89. The highest BCUT2D eigenvalue weighted by Crippen LogP contribution is 2.54. The number of benzene rings is 9. The average molecular weight is 1030 g/mol. The maximum atomic E-state index is 11.2. The molecule has 77 heavy (non-hydrogen) atoms. The van der Waals surface area contributed by atoms with Gasteiger partial charge in [0.15, 0.2) is 0 Å². The first kappa shape index (κ1) is 26.9. The van der Waals surface area contributed by atoms with Crippen LogP contribution in [0.15, 0.2) is 162 Å². The van der Waals surface area contributed by atoms with Crippen molar-refractivity contribution in [2.24, 2.45) is 0 Å². The monoisotopic (exact) mass is 1030 g/mol. The number of hydrogen-bond acceptors (Lipinski definition) is 3. The van der Waals surface area contributed by atoms with Crippen molar-refractivity contribution < 1.29 is 40.1 Å². The van der Waals surface area contributed by atoms with E-state index in [1.807, 2.05) is 0 Å².